The highest BCUT2D eigenvalue weighted by Crippen LogP contribution is 2.39. The third kappa shape index (κ3) is 11.4. The molecule has 0 bridgehead atoms. The number of likely N-dealkylation sites (N-methyl/N-ethyl adjacent to an activating group) is 1. The van der Waals surface area contributed by atoms with Crippen molar-refractivity contribution in [2.45, 2.75) is 43.8 Å². The second kappa shape index (κ2) is 18.3. The first-order valence-corrected chi connectivity index (χ1v) is 15.8. The van der Waals surface area contributed by atoms with Gasteiger partial charge >= 0.3 is 11.9 Å². The summed E-state index contributed by atoms with van der Waals surface area (Å²) < 4.78 is 10.3. The first-order valence-electron chi connectivity index (χ1n) is 15.8. The molecule has 0 saturated carbocycles. The highest BCUT2D eigenvalue weighted by molar-refractivity contribution is 5.74. The van der Waals surface area contributed by atoms with Gasteiger partial charge in [0, 0.05) is 12.6 Å². The molecule has 0 aliphatic carbocycles. The Morgan fingerprint density at radius 1 is 0.706 bits per heavy atom. The Morgan fingerprint density at radius 3 is 1.78 bits per heavy atom. The Labute approximate surface area is 295 Å². The SMILES string of the molecule is COc1ccc(CC2c3cc(O)c(OC)cc3CCN2C)cc1O.N[C@@H](Cc1ccc(O)c(O)c1)C(=O)O.N[C@@H](Cc1ccc(O)cc1)C(=O)O. The fourth-order valence-electron chi connectivity index (χ4n) is 5.37. The number of carboxylic acids is 2. The van der Waals surface area contributed by atoms with Gasteiger partial charge in [-0.2, -0.15) is 0 Å². The number of hydrogen-bond donors (Lipinski definition) is 9. The minimum atomic E-state index is -1.10. The molecule has 0 fully saturated rings. The van der Waals surface area contributed by atoms with Crippen LogP contribution < -0.4 is 20.9 Å². The summed E-state index contributed by atoms with van der Waals surface area (Å²) >= 11 is 0. The van der Waals surface area contributed by atoms with Crippen molar-refractivity contribution in [1.82, 2.24) is 4.90 Å². The van der Waals surface area contributed by atoms with E-state index in [0.29, 0.717) is 17.1 Å². The molecule has 1 aliphatic heterocycles. The molecule has 51 heavy (non-hydrogen) atoms. The first-order chi connectivity index (χ1) is 24.1. The van der Waals surface area contributed by atoms with E-state index in [1.165, 1.54) is 43.0 Å². The molecular weight excluding hydrogens is 662 g/mol. The number of aromatic hydroxyl groups is 5. The summed E-state index contributed by atoms with van der Waals surface area (Å²) in [6, 6.07) is 17.9. The molecule has 1 heterocycles. The highest BCUT2D eigenvalue weighted by Gasteiger charge is 2.27. The lowest BCUT2D eigenvalue weighted by molar-refractivity contribution is -0.139. The van der Waals surface area contributed by atoms with E-state index >= 15 is 0 Å². The lowest BCUT2D eigenvalue weighted by atomic mass is 9.88. The maximum atomic E-state index is 10.4. The van der Waals surface area contributed by atoms with Gasteiger partial charge in [0.15, 0.2) is 34.5 Å². The molecule has 0 aromatic heterocycles. The van der Waals surface area contributed by atoms with Crippen LogP contribution in [0.4, 0.5) is 0 Å². The van der Waals surface area contributed by atoms with Gasteiger partial charge in [-0.25, -0.2) is 0 Å². The van der Waals surface area contributed by atoms with E-state index in [0.717, 1.165) is 36.1 Å². The minimum absolute atomic E-state index is 0.114. The molecule has 274 valence electrons. The second-order valence-electron chi connectivity index (χ2n) is 12.0. The molecule has 3 atom stereocenters. The summed E-state index contributed by atoms with van der Waals surface area (Å²) in [6.45, 7) is 0.938. The molecule has 5 rings (SSSR count). The van der Waals surface area contributed by atoms with Crippen molar-refractivity contribution in [3.63, 3.8) is 0 Å². The van der Waals surface area contributed by atoms with Gasteiger partial charge in [-0.3, -0.25) is 14.5 Å². The lowest BCUT2D eigenvalue weighted by Crippen LogP contribution is -2.33. The number of phenols is 5. The summed E-state index contributed by atoms with van der Waals surface area (Å²) in [7, 11) is 5.18. The molecule has 14 nitrogen and oxygen atoms in total. The molecule has 0 spiro atoms. The van der Waals surface area contributed by atoms with Crippen LogP contribution in [0.15, 0.2) is 72.8 Å². The minimum Gasteiger partial charge on any atom is -0.508 e. The van der Waals surface area contributed by atoms with Crippen LogP contribution in [0.2, 0.25) is 0 Å². The van der Waals surface area contributed by atoms with E-state index in [4.69, 9.17) is 46.5 Å². The molecule has 0 radical (unpaired) electrons. The van der Waals surface area contributed by atoms with Gasteiger partial charge in [0.1, 0.15) is 17.8 Å². The van der Waals surface area contributed by atoms with Crippen molar-refractivity contribution in [2.24, 2.45) is 11.5 Å². The third-order valence-electron chi connectivity index (χ3n) is 8.26. The normalized spacial score (nSPS) is 14.7. The maximum Gasteiger partial charge on any atom is 0.320 e. The molecular formula is C37H45N3O11. The molecule has 1 aliphatic rings. The summed E-state index contributed by atoms with van der Waals surface area (Å²) in [6.07, 6.45) is 2.05. The topological polar surface area (TPSA) is 249 Å². The van der Waals surface area contributed by atoms with Crippen LogP contribution in [0.25, 0.3) is 0 Å². The molecule has 4 aromatic rings. The van der Waals surface area contributed by atoms with E-state index in [1.807, 2.05) is 12.1 Å². The van der Waals surface area contributed by atoms with E-state index < -0.39 is 24.0 Å². The number of ether oxygens (including phenoxy) is 2. The number of aliphatic carboxylic acids is 2. The highest BCUT2D eigenvalue weighted by atomic mass is 16.5. The molecule has 11 N–H and O–H groups in total. The van der Waals surface area contributed by atoms with Gasteiger partial charge in [0.25, 0.3) is 0 Å². The Morgan fingerprint density at radius 2 is 1.24 bits per heavy atom. The van der Waals surface area contributed by atoms with Gasteiger partial charge in [-0.15, -0.1) is 0 Å². The average molecular weight is 708 g/mol. The van der Waals surface area contributed by atoms with E-state index in [1.54, 1.807) is 37.4 Å². The number of benzene rings is 4. The van der Waals surface area contributed by atoms with Crippen molar-refractivity contribution in [3.05, 3.63) is 101 Å². The number of rotatable bonds is 10. The number of methoxy groups -OCH3 is 2. The standard InChI is InChI=1S/C19H23NO4.C9H11NO4.C9H11NO3/c1-20-7-6-13-10-19(24-3)17(22)11-14(13)15(20)8-12-4-5-18(23-2)16(21)9-12;10-6(9(13)14)3-5-1-2-7(11)8(12)4-5;10-8(9(12)13)5-6-1-3-7(11)4-2-6/h4-5,9-11,15,21-22H,6-8H2,1-3H3;1-2,4,6,11-12H,3,10H2,(H,13,14);1-4,8,11H,5,10H2,(H,12,13)/t;6-;8-/m.00/s1. The molecule has 4 aromatic carbocycles. The maximum absolute atomic E-state index is 10.4. The summed E-state index contributed by atoms with van der Waals surface area (Å²) in [5.41, 5.74) is 15.3. The molecule has 1 unspecified atom stereocenters. The zero-order valence-electron chi connectivity index (χ0n) is 28.6. The zero-order chi connectivity index (χ0) is 37.8. The molecule has 14 heteroatoms. The molecule has 0 saturated heterocycles. The summed E-state index contributed by atoms with van der Waals surface area (Å²) in [5, 5.41) is 64.3. The lowest BCUT2D eigenvalue weighted by Gasteiger charge is -2.35. The quantitative estimate of drug-likeness (QED) is 0.107. The van der Waals surface area contributed by atoms with Crippen LogP contribution in [0.5, 0.6) is 40.2 Å². The third-order valence-corrected chi connectivity index (χ3v) is 8.26. The van der Waals surface area contributed by atoms with Crippen LogP contribution in [0.3, 0.4) is 0 Å². The van der Waals surface area contributed by atoms with Crippen molar-refractivity contribution in [2.75, 3.05) is 27.8 Å². The van der Waals surface area contributed by atoms with Gasteiger partial charge < -0.3 is 56.7 Å². The van der Waals surface area contributed by atoms with Crippen LogP contribution >= 0.6 is 0 Å². The fourth-order valence-corrected chi connectivity index (χ4v) is 5.37. The predicted molar refractivity (Wildman–Crippen MR) is 189 cm³/mol. The average Bonchev–Trinajstić information content (AvgIpc) is 3.09. The number of nitrogens with zero attached hydrogens (tertiary/aromatic N) is 1. The number of carboxylic acid groups (broad SMARTS) is 2. The van der Waals surface area contributed by atoms with Gasteiger partial charge in [0.05, 0.1) is 14.2 Å². The Kier molecular flexibility index (Phi) is 14.3. The van der Waals surface area contributed by atoms with E-state index in [-0.39, 0.29) is 47.6 Å². The molecule has 0 amide bonds. The number of phenolic OH excluding ortho intramolecular Hbond substituents is 5. The van der Waals surface area contributed by atoms with Crippen molar-refractivity contribution in [1.29, 1.82) is 0 Å². The zero-order valence-corrected chi connectivity index (χ0v) is 28.6. The Hall–Kier alpha value is -5.70. The number of carbonyl (C=O) groups is 2. The van der Waals surface area contributed by atoms with Crippen molar-refractivity contribution < 1.29 is 54.8 Å². The van der Waals surface area contributed by atoms with Gasteiger partial charge in [-0.05, 0) is 109 Å². The summed E-state index contributed by atoms with van der Waals surface area (Å²) in [5.74, 6) is -1.19. The second-order valence-corrected chi connectivity index (χ2v) is 12.0. The predicted octanol–water partition coefficient (Wildman–Crippen LogP) is 3.29. The van der Waals surface area contributed by atoms with Crippen molar-refractivity contribution >= 4 is 11.9 Å². The number of fused-ring (bicyclic) bond motifs is 1. The van der Waals surface area contributed by atoms with E-state index in [9.17, 15) is 19.8 Å². The number of hydrogen-bond acceptors (Lipinski definition) is 12. The Bertz CT molecular complexity index is 1780. The Balaban J connectivity index is 0.000000223. The fraction of sp³-hybridized carbons (Fsp3) is 0.297. The first kappa shape index (κ1) is 39.7. The smallest absolute Gasteiger partial charge is 0.320 e. The van der Waals surface area contributed by atoms with Crippen LogP contribution in [0.1, 0.15) is 33.9 Å². The largest absolute Gasteiger partial charge is 0.508 e. The van der Waals surface area contributed by atoms with Gasteiger partial charge in [-0.1, -0.05) is 24.3 Å². The van der Waals surface area contributed by atoms with E-state index in [2.05, 4.69) is 11.9 Å². The summed E-state index contributed by atoms with van der Waals surface area (Å²) in [4.78, 5) is 23.1. The van der Waals surface area contributed by atoms with Crippen molar-refractivity contribution in [3.8, 4) is 40.2 Å². The van der Waals surface area contributed by atoms with Crippen LogP contribution in [-0.2, 0) is 35.3 Å². The monoisotopic (exact) mass is 707 g/mol. The van der Waals surface area contributed by atoms with Crippen LogP contribution in [-0.4, -0.2) is 92.5 Å². The number of nitrogens with two attached hydrogens (primary N) is 2. The van der Waals surface area contributed by atoms with Crippen LogP contribution in [0, 0.1) is 0 Å². The van der Waals surface area contributed by atoms with Gasteiger partial charge in [0.2, 0.25) is 0 Å².